The fraction of sp³-hybridized carbons (Fsp3) is 0.158. The Morgan fingerprint density at radius 1 is 1.20 bits per heavy atom. The molecule has 0 radical (unpaired) electrons. The summed E-state index contributed by atoms with van der Waals surface area (Å²) in [6, 6.07) is 9.57. The fourth-order valence-corrected chi connectivity index (χ4v) is 3.67. The summed E-state index contributed by atoms with van der Waals surface area (Å²) in [4.78, 5) is 9.30. The number of nitrogens with zero attached hydrogens (tertiary/aromatic N) is 3. The lowest BCUT2D eigenvalue weighted by atomic mass is 9.97. The first-order chi connectivity index (χ1) is 12.1. The minimum absolute atomic E-state index is 0.557. The summed E-state index contributed by atoms with van der Waals surface area (Å²) in [5.41, 5.74) is 6.15. The van der Waals surface area contributed by atoms with Gasteiger partial charge in [-0.15, -0.1) is 0 Å². The Labute approximate surface area is 155 Å². The van der Waals surface area contributed by atoms with Crippen LogP contribution in [0.3, 0.4) is 0 Å². The number of allylic oxidation sites excluding steroid dienone is 1. The van der Waals surface area contributed by atoms with Gasteiger partial charge in [0.05, 0.1) is 33.3 Å². The van der Waals surface area contributed by atoms with E-state index in [0.29, 0.717) is 28.2 Å². The normalized spacial score (nSPS) is 13.5. The van der Waals surface area contributed by atoms with Gasteiger partial charge >= 0.3 is 0 Å². The summed E-state index contributed by atoms with van der Waals surface area (Å²) in [6.07, 6.45) is 2.63. The predicted octanol–water partition coefficient (Wildman–Crippen LogP) is 5.31. The van der Waals surface area contributed by atoms with Crippen LogP contribution in [0.4, 0.5) is 11.6 Å². The summed E-state index contributed by atoms with van der Waals surface area (Å²) >= 11 is 12.5. The highest BCUT2D eigenvalue weighted by Crippen LogP contribution is 2.34. The van der Waals surface area contributed by atoms with Crippen LogP contribution in [0.5, 0.6) is 0 Å². The molecule has 1 aliphatic rings. The average molecular weight is 371 g/mol. The number of anilines is 2. The van der Waals surface area contributed by atoms with Crippen molar-refractivity contribution >= 4 is 51.6 Å². The molecule has 4 nitrogen and oxygen atoms in total. The molecule has 2 aromatic carbocycles. The highest BCUT2D eigenvalue weighted by atomic mass is 35.5. The van der Waals surface area contributed by atoms with Crippen LogP contribution < -0.4 is 5.32 Å². The Bertz CT molecular complexity index is 1010. The quantitative estimate of drug-likeness (QED) is 0.678. The monoisotopic (exact) mass is 370 g/mol. The first kappa shape index (κ1) is 16.2. The number of benzene rings is 2. The lowest BCUT2D eigenvalue weighted by Gasteiger charge is -2.16. The van der Waals surface area contributed by atoms with Crippen molar-refractivity contribution in [1.29, 1.82) is 0 Å². The van der Waals surface area contributed by atoms with E-state index < -0.39 is 0 Å². The number of rotatable bonds is 3. The maximum Gasteiger partial charge on any atom is 0.208 e. The molecule has 25 heavy (non-hydrogen) atoms. The summed E-state index contributed by atoms with van der Waals surface area (Å²) in [5, 5.41) is 4.38. The van der Waals surface area contributed by atoms with E-state index in [-0.39, 0.29) is 0 Å². The van der Waals surface area contributed by atoms with E-state index in [1.165, 1.54) is 11.1 Å². The van der Waals surface area contributed by atoms with Gasteiger partial charge in [-0.1, -0.05) is 41.9 Å². The fourth-order valence-electron chi connectivity index (χ4n) is 3.18. The molecule has 4 rings (SSSR count). The van der Waals surface area contributed by atoms with Crippen LogP contribution in [0.1, 0.15) is 11.1 Å². The van der Waals surface area contributed by atoms with Crippen molar-refractivity contribution in [2.45, 2.75) is 13.0 Å². The molecular weight excluding hydrogens is 355 g/mol. The van der Waals surface area contributed by atoms with Gasteiger partial charge < -0.3 is 9.88 Å². The van der Waals surface area contributed by atoms with Crippen LogP contribution in [0.15, 0.2) is 48.0 Å². The van der Waals surface area contributed by atoms with Gasteiger partial charge in [-0.25, -0.2) is 4.98 Å². The van der Waals surface area contributed by atoms with Gasteiger partial charge in [0.2, 0.25) is 5.95 Å². The Morgan fingerprint density at radius 3 is 2.68 bits per heavy atom. The van der Waals surface area contributed by atoms with Crippen LogP contribution in [0.2, 0.25) is 10.0 Å². The van der Waals surface area contributed by atoms with Crippen molar-refractivity contribution in [2.24, 2.45) is 12.0 Å². The van der Waals surface area contributed by atoms with Gasteiger partial charge in [0.25, 0.3) is 0 Å². The SMILES string of the molecule is C=CC1=NCc2c(ccc3nc(Nc4c(Cl)cccc4Cl)n(C)c23)C1. The molecule has 1 N–H and O–H groups in total. The molecule has 0 bridgehead atoms. The second-order valence-corrected chi connectivity index (χ2v) is 6.79. The van der Waals surface area contributed by atoms with Crippen LogP contribution in [-0.4, -0.2) is 15.3 Å². The van der Waals surface area contributed by atoms with E-state index in [1.54, 1.807) is 12.1 Å². The highest BCUT2D eigenvalue weighted by molar-refractivity contribution is 6.39. The van der Waals surface area contributed by atoms with E-state index in [9.17, 15) is 0 Å². The maximum atomic E-state index is 6.27. The third kappa shape index (κ3) is 2.71. The molecule has 1 aliphatic heterocycles. The van der Waals surface area contributed by atoms with Crippen molar-refractivity contribution in [2.75, 3.05) is 5.32 Å². The molecule has 0 spiro atoms. The molecule has 0 saturated carbocycles. The molecule has 3 aromatic rings. The van der Waals surface area contributed by atoms with E-state index >= 15 is 0 Å². The molecule has 6 heteroatoms. The molecule has 0 fully saturated rings. The molecule has 0 amide bonds. The van der Waals surface area contributed by atoms with Crippen molar-refractivity contribution in [3.8, 4) is 0 Å². The lowest BCUT2D eigenvalue weighted by molar-refractivity contribution is 0.929. The number of imidazole rings is 1. The first-order valence-corrected chi connectivity index (χ1v) is 8.68. The van der Waals surface area contributed by atoms with E-state index in [1.807, 2.05) is 29.8 Å². The molecule has 126 valence electrons. The van der Waals surface area contributed by atoms with Crippen LogP contribution in [-0.2, 0) is 20.0 Å². The standard InChI is InChI=1S/C19H16Cl2N4/c1-3-12-9-11-7-8-16-18(13(11)10-22-12)25(2)19(23-16)24-17-14(20)5-4-6-15(17)21/h3-8H,1,9-10H2,2H3,(H,23,24). The zero-order valence-electron chi connectivity index (χ0n) is 13.7. The Hall–Kier alpha value is -2.30. The van der Waals surface area contributed by atoms with Crippen molar-refractivity contribution in [3.05, 3.63) is 64.2 Å². The second-order valence-electron chi connectivity index (χ2n) is 5.98. The number of nitrogens with one attached hydrogen (secondary N) is 1. The molecule has 0 atom stereocenters. The van der Waals surface area contributed by atoms with Crippen molar-refractivity contribution < 1.29 is 0 Å². The predicted molar refractivity (Wildman–Crippen MR) is 105 cm³/mol. The number of fused-ring (bicyclic) bond motifs is 3. The van der Waals surface area contributed by atoms with Gasteiger partial charge in [0.15, 0.2) is 0 Å². The largest absolute Gasteiger partial charge is 0.323 e. The number of hydrogen-bond donors (Lipinski definition) is 1. The minimum atomic E-state index is 0.557. The van der Waals surface area contributed by atoms with E-state index in [0.717, 1.165) is 23.2 Å². The van der Waals surface area contributed by atoms with Crippen LogP contribution >= 0.6 is 23.2 Å². The summed E-state index contributed by atoms with van der Waals surface area (Å²) in [5.74, 6) is 0.692. The second kappa shape index (κ2) is 6.21. The number of aryl methyl sites for hydroxylation is 1. The van der Waals surface area contributed by atoms with Crippen molar-refractivity contribution in [3.63, 3.8) is 0 Å². The summed E-state index contributed by atoms with van der Waals surface area (Å²) < 4.78 is 2.03. The number of halogens is 2. The molecular formula is C19H16Cl2N4. The molecule has 0 saturated heterocycles. The molecule has 0 unspecified atom stereocenters. The van der Waals surface area contributed by atoms with Gasteiger partial charge in [-0.3, -0.25) is 4.99 Å². The van der Waals surface area contributed by atoms with Crippen LogP contribution in [0.25, 0.3) is 11.0 Å². The Morgan fingerprint density at radius 2 is 1.96 bits per heavy atom. The number of aromatic nitrogens is 2. The van der Waals surface area contributed by atoms with Gasteiger partial charge in [-0.05, 0) is 29.8 Å². The average Bonchev–Trinajstić information content (AvgIpc) is 2.94. The lowest BCUT2D eigenvalue weighted by Crippen LogP contribution is -2.10. The zero-order valence-corrected chi connectivity index (χ0v) is 15.2. The molecule has 1 aromatic heterocycles. The molecule has 0 aliphatic carbocycles. The number of aliphatic imine (C=N–C) groups is 1. The number of para-hydroxylation sites is 1. The van der Waals surface area contributed by atoms with Gasteiger partial charge in [0, 0.05) is 24.7 Å². The third-order valence-electron chi connectivity index (χ3n) is 4.48. The Balaban J connectivity index is 1.81. The summed E-state index contributed by atoms with van der Waals surface area (Å²) in [7, 11) is 1.98. The number of hydrogen-bond acceptors (Lipinski definition) is 3. The van der Waals surface area contributed by atoms with Gasteiger partial charge in [0.1, 0.15) is 0 Å². The van der Waals surface area contributed by atoms with Gasteiger partial charge in [-0.2, -0.15) is 0 Å². The Kier molecular flexibility index (Phi) is 4.02. The minimum Gasteiger partial charge on any atom is -0.323 e. The van der Waals surface area contributed by atoms with E-state index in [4.69, 9.17) is 28.2 Å². The first-order valence-electron chi connectivity index (χ1n) is 7.92. The maximum absolute atomic E-state index is 6.27. The zero-order chi connectivity index (χ0) is 17.6. The third-order valence-corrected chi connectivity index (χ3v) is 5.11. The highest BCUT2D eigenvalue weighted by Gasteiger charge is 2.19. The topological polar surface area (TPSA) is 42.2 Å². The van der Waals surface area contributed by atoms with Crippen molar-refractivity contribution in [1.82, 2.24) is 9.55 Å². The smallest absolute Gasteiger partial charge is 0.208 e. The summed E-state index contributed by atoms with van der Waals surface area (Å²) in [6.45, 7) is 4.46. The molecule has 2 heterocycles. The van der Waals surface area contributed by atoms with Crippen LogP contribution in [0, 0.1) is 0 Å². The van der Waals surface area contributed by atoms with E-state index in [2.05, 4.69) is 23.0 Å².